The highest BCUT2D eigenvalue weighted by atomic mass is 79.9. The molecular formula is C13H12BrNO2. The van der Waals surface area contributed by atoms with Crippen LogP contribution in [0.25, 0.3) is 0 Å². The van der Waals surface area contributed by atoms with Gasteiger partial charge in [-0.2, -0.15) is 0 Å². The van der Waals surface area contributed by atoms with Crippen molar-refractivity contribution in [3.05, 3.63) is 46.9 Å². The molecule has 0 aromatic heterocycles. The van der Waals surface area contributed by atoms with Gasteiger partial charge in [-0.15, -0.1) is 0 Å². The molecule has 0 saturated carbocycles. The minimum atomic E-state index is 0.593. The second kappa shape index (κ2) is 5.10. The first kappa shape index (κ1) is 11.8. The largest absolute Gasteiger partial charge is 0.494 e. The van der Waals surface area contributed by atoms with Gasteiger partial charge in [0.15, 0.2) is 0 Å². The average molecular weight is 294 g/mol. The first-order valence-corrected chi connectivity index (χ1v) is 5.85. The number of nitrogen functional groups attached to an aromatic ring is 1. The summed E-state index contributed by atoms with van der Waals surface area (Å²) in [4.78, 5) is 0. The molecule has 17 heavy (non-hydrogen) atoms. The fourth-order valence-corrected chi connectivity index (χ4v) is 1.66. The standard InChI is InChI=1S/C13H12BrNO2/c1-16-13-8-11(6-7-12(13)15)17-10-4-2-9(14)3-5-10/h2-8H,15H2,1H3. The molecule has 0 fully saturated rings. The van der Waals surface area contributed by atoms with Crippen LogP contribution in [0.15, 0.2) is 46.9 Å². The molecule has 0 amide bonds. The van der Waals surface area contributed by atoms with Crippen LogP contribution < -0.4 is 15.2 Å². The summed E-state index contributed by atoms with van der Waals surface area (Å²) < 4.78 is 11.8. The summed E-state index contributed by atoms with van der Waals surface area (Å²) in [6.07, 6.45) is 0. The van der Waals surface area contributed by atoms with E-state index in [4.69, 9.17) is 15.2 Å². The Bertz CT molecular complexity index is 511. The van der Waals surface area contributed by atoms with E-state index in [0.717, 1.165) is 10.2 Å². The lowest BCUT2D eigenvalue weighted by Gasteiger charge is -2.09. The third-order valence-corrected chi connectivity index (χ3v) is 2.78. The van der Waals surface area contributed by atoms with Gasteiger partial charge in [0, 0.05) is 10.5 Å². The molecule has 0 radical (unpaired) electrons. The van der Waals surface area contributed by atoms with Crippen LogP contribution in [-0.4, -0.2) is 7.11 Å². The van der Waals surface area contributed by atoms with Crippen molar-refractivity contribution in [1.29, 1.82) is 0 Å². The van der Waals surface area contributed by atoms with E-state index in [1.54, 1.807) is 25.3 Å². The van der Waals surface area contributed by atoms with Crippen molar-refractivity contribution in [2.75, 3.05) is 12.8 Å². The zero-order chi connectivity index (χ0) is 12.3. The Balaban J connectivity index is 2.21. The summed E-state index contributed by atoms with van der Waals surface area (Å²) in [6, 6.07) is 12.9. The van der Waals surface area contributed by atoms with Crippen LogP contribution in [-0.2, 0) is 0 Å². The summed E-state index contributed by atoms with van der Waals surface area (Å²) in [6.45, 7) is 0. The van der Waals surface area contributed by atoms with Gasteiger partial charge in [-0.1, -0.05) is 15.9 Å². The molecule has 0 aliphatic carbocycles. The van der Waals surface area contributed by atoms with E-state index in [2.05, 4.69) is 15.9 Å². The third kappa shape index (κ3) is 2.91. The molecular weight excluding hydrogens is 282 g/mol. The first-order chi connectivity index (χ1) is 8.19. The molecule has 0 bridgehead atoms. The van der Waals surface area contributed by atoms with Crippen molar-refractivity contribution in [2.24, 2.45) is 0 Å². The lowest BCUT2D eigenvalue weighted by molar-refractivity contribution is 0.411. The predicted octanol–water partition coefficient (Wildman–Crippen LogP) is 3.83. The van der Waals surface area contributed by atoms with Crippen molar-refractivity contribution in [1.82, 2.24) is 0 Å². The number of hydrogen-bond donors (Lipinski definition) is 1. The molecule has 2 aromatic rings. The van der Waals surface area contributed by atoms with Crippen LogP contribution in [0, 0.1) is 0 Å². The van der Waals surface area contributed by atoms with Gasteiger partial charge in [-0.3, -0.25) is 0 Å². The number of halogens is 1. The van der Waals surface area contributed by atoms with Crippen LogP contribution in [0.5, 0.6) is 17.2 Å². The SMILES string of the molecule is COc1cc(Oc2ccc(Br)cc2)ccc1N. The summed E-state index contributed by atoms with van der Waals surface area (Å²) in [7, 11) is 1.58. The van der Waals surface area contributed by atoms with Crippen molar-refractivity contribution in [3.8, 4) is 17.2 Å². The summed E-state index contributed by atoms with van der Waals surface area (Å²) in [5.41, 5.74) is 6.32. The second-order valence-corrected chi connectivity index (χ2v) is 4.38. The quantitative estimate of drug-likeness (QED) is 0.875. The number of nitrogens with two attached hydrogens (primary N) is 1. The fourth-order valence-electron chi connectivity index (χ4n) is 1.39. The van der Waals surface area contributed by atoms with E-state index in [1.165, 1.54) is 0 Å². The number of methoxy groups -OCH3 is 1. The minimum absolute atomic E-state index is 0.593. The Morgan fingerprint density at radius 1 is 1.00 bits per heavy atom. The highest BCUT2D eigenvalue weighted by Gasteiger charge is 2.03. The lowest BCUT2D eigenvalue weighted by atomic mass is 10.3. The summed E-state index contributed by atoms with van der Waals surface area (Å²) >= 11 is 3.37. The lowest BCUT2D eigenvalue weighted by Crippen LogP contribution is -1.93. The normalized spacial score (nSPS) is 10.0. The maximum Gasteiger partial charge on any atom is 0.145 e. The second-order valence-electron chi connectivity index (χ2n) is 3.46. The molecule has 4 heteroatoms. The van der Waals surface area contributed by atoms with Crippen molar-refractivity contribution >= 4 is 21.6 Å². The van der Waals surface area contributed by atoms with Gasteiger partial charge in [0.25, 0.3) is 0 Å². The first-order valence-electron chi connectivity index (χ1n) is 5.06. The Hall–Kier alpha value is -1.68. The maximum atomic E-state index is 5.73. The molecule has 2 aromatic carbocycles. The maximum absolute atomic E-state index is 5.73. The van der Waals surface area contributed by atoms with Gasteiger partial charge < -0.3 is 15.2 Å². The van der Waals surface area contributed by atoms with E-state index in [0.29, 0.717) is 17.2 Å². The molecule has 2 N–H and O–H groups in total. The highest BCUT2D eigenvalue weighted by molar-refractivity contribution is 9.10. The van der Waals surface area contributed by atoms with E-state index in [9.17, 15) is 0 Å². The Labute approximate surface area is 108 Å². The Kier molecular flexibility index (Phi) is 3.54. The van der Waals surface area contributed by atoms with Crippen molar-refractivity contribution in [3.63, 3.8) is 0 Å². The van der Waals surface area contributed by atoms with Gasteiger partial charge in [0.1, 0.15) is 17.2 Å². The van der Waals surface area contributed by atoms with Gasteiger partial charge in [-0.05, 0) is 36.4 Å². The van der Waals surface area contributed by atoms with Crippen LogP contribution in [0.4, 0.5) is 5.69 Å². The van der Waals surface area contributed by atoms with Crippen molar-refractivity contribution < 1.29 is 9.47 Å². The minimum Gasteiger partial charge on any atom is -0.494 e. The van der Waals surface area contributed by atoms with Gasteiger partial charge in [0.2, 0.25) is 0 Å². The van der Waals surface area contributed by atoms with E-state index in [-0.39, 0.29) is 0 Å². The fraction of sp³-hybridized carbons (Fsp3) is 0.0769. The zero-order valence-corrected chi connectivity index (χ0v) is 10.9. The topological polar surface area (TPSA) is 44.5 Å². The van der Waals surface area contributed by atoms with Crippen LogP contribution in [0.3, 0.4) is 0 Å². The smallest absolute Gasteiger partial charge is 0.145 e. The van der Waals surface area contributed by atoms with Crippen molar-refractivity contribution in [2.45, 2.75) is 0 Å². The molecule has 88 valence electrons. The molecule has 0 heterocycles. The van der Waals surface area contributed by atoms with Crippen LogP contribution in [0.1, 0.15) is 0 Å². The molecule has 0 aliphatic rings. The molecule has 0 unspecified atom stereocenters. The van der Waals surface area contributed by atoms with E-state index in [1.807, 2.05) is 24.3 Å². The highest BCUT2D eigenvalue weighted by Crippen LogP contribution is 2.30. The number of anilines is 1. The Morgan fingerprint density at radius 2 is 1.65 bits per heavy atom. The number of hydrogen-bond acceptors (Lipinski definition) is 3. The average Bonchev–Trinajstić information content (AvgIpc) is 2.34. The van der Waals surface area contributed by atoms with E-state index >= 15 is 0 Å². The van der Waals surface area contributed by atoms with Gasteiger partial charge in [-0.25, -0.2) is 0 Å². The molecule has 2 rings (SSSR count). The third-order valence-electron chi connectivity index (χ3n) is 2.25. The zero-order valence-electron chi connectivity index (χ0n) is 9.31. The molecule has 0 aliphatic heterocycles. The molecule has 0 spiro atoms. The molecule has 0 atom stereocenters. The summed E-state index contributed by atoms with van der Waals surface area (Å²) in [5, 5.41) is 0. The molecule has 3 nitrogen and oxygen atoms in total. The number of ether oxygens (including phenoxy) is 2. The number of benzene rings is 2. The van der Waals surface area contributed by atoms with Gasteiger partial charge >= 0.3 is 0 Å². The predicted molar refractivity (Wildman–Crippen MR) is 71.6 cm³/mol. The molecule has 0 saturated heterocycles. The van der Waals surface area contributed by atoms with Crippen LogP contribution in [0.2, 0.25) is 0 Å². The van der Waals surface area contributed by atoms with E-state index < -0.39 is 0 Å². The number of rotatable bonds is 3. The van der Waals surface area contributed by atoms with Crippen LogP contribution >= 0.6 is 15.9 Å². The Morgan fingerprint density at radius 3 is 2.29 bits per heavy atom. The van der Waals surface area contributed by atoms with Gasteiger partial charge in [0.05, 0.1) is 12.8 Å². The monoisotopic (exact) mass is 293 g/mol. The summed E-state index contributed by atoms with van der Waals surface area (Å²) in [5.74, 6) is 2.07.